The zero-order chi connectivity index (χ0) is 66.7. The second kappa shape index (κ2) is 26.0. The molecule has 5 aromatic rings. The van der Waals surface area contributed by atoms with Crippen LogP contribution in [0.4, 0.5) is 26.4 Å². The molecule has 0 radical (unpaired) electrons. The van der Waals surface area contributed by atoms with Crippen molar-refractivity contribution in [1.82, 2.24) is 24.4 Å². The number of phosphoric ester groups is 2. The van der Waals surface area contributed by atoms with Crippen LogP contribution in [0.2, 0.25) is 10.0 Å². The quantitative estimate of drug-likeness (QED) is 0.0248. The Bertz CT molecular complexity index is 4140. The van der Waals surface area contributed by atoms with Crippen LogP contribution in [0.15, 0.2) is 96.0 Å². The number of phosphoric acid groups is 2. The summed E-state index contributed by atoms with van der Waals surface area (Å²) >= 11 is 12.9. The number of sulfonamides is 1. The number of benzene rings is 4. The lowest BCUT2D eigenvalue weighted by Crippen LogP contribution is -2.55. The summed E-state index contributed by atoms with van der Waals surface area (Å²) in [6.45, 7) is 3.86. The standard InChI is InChI=1S/C62H67Cl2FN8O17P2S/c1-60(2,3)31-50-62(34-67-47-28-39(63)15-17-44(47)62)52(42-11-6-12-45(64)53(42)65)54(69-50)56(75)68-46-18-16-40(29-49(46)87-4)93(85,86)70-24-21-61(22-25-70)30-38(61)14-13-36-8-5-10-41-43(36)32-72(57(41)76)48-19-20-51(74)73(58(48)77)35-88-59(78)71(26-27-89-91(79,80)81)55-37(9-7-23-66-55)33-90-92(82,83)84/h5-12,15-18,23,28-29,38,48,50,52,54,67,69H,19-22,24-27,30-35H2,1-4H3,(H,68,75)(H2,79,80,81)(H2,82,83,84)/t38-,48-,50+,52+,54-,62+/m1/s1. The maximum Gasteiger partial charge on any atom is 0.469 e. The highest BCUT2D eigenvalue weighted by Crippen LogP contribution is 2.60. The molecule has 7 N–H and O–H groups in total. The lowest BCUT2D eigenvalue weighted by atomic mass is 9.63. The van der Waals surface area contributed by atoms with Gasteiger partial charge in [-0.1, -0.05) is 86.1 Å². The van der Waals surface area contributed by atoms with Crippen LogP contribution in [0.5, 0.6) is 5.75 Å². The summed E-state index contributed by atoms with van der Waals surface area (Å²) in [6, 6.07) is 19.8. The third-order valence-corrected chi connectivity index (χ3v) is 21.6. The fourth-order valence-electron chi connectivity index (χ4n) is 13.6. The van der Waals surface area contributed by atoms with Crippen LogP contribution in [0.3, 0.4) is 0 Å². The number of halogens is 3. The highest BCUT2D eigenvalue weighted by molar-refractivity contribution is 7.89. The molecule has 1 aromatic heterocycles. The van der Waals surface area contributed by atoms with Gasteiger partial charge in [0.15, 0.2) is 6.73 Å². The van der Waals surface area contributed by atoms with Crippen LogP contribution in [-0.2, 0) is 65.9 Å². The third kappa shape index (κ3) is 13.8. The number of hydrogen-bond donors (Lipinski definition) is 7. The Labute approximate surface area is 545 Å². The number of methoxy groups -OCH3 is 1. The molecule has 1 saturated carbocycles. The summed E-state index contributed by atoms with van der Waals surface area (Å²) in [4.78, 5) is 114. The summed E-state index contributed by atoms with van der Waals surface area (Å²) in [5.74, 6) is 2.32. The minimum absolute atomic E-state index is 0.0453. The first-order valence-corrected chi connectivity index (χ1v) is 35.0. The summed E-state index contributed by atoms with van der Waals surface area (Å²) in [5.41, 5.74) is 2.12. The second-order valence-electron chi connectivity index (χ2n) is 25.1. The number of carbonyl (C=O) groups is 5. The van der Waals surface area contributed by atoms with Gasteiger partial charge >= 0.3 is 21.7 Å². The fourth-order valence-corrected chi connectivity index (χ4v) is 16.1. The number of anilines is 3. The van der Waals surface area contributed by atoms with Crippen molar-refractivity contribution in [3.63, 3.8) is 0 Å². The Kier molecular flexibility index (Phi) is 18.9. The van der Waals surface area contributed by atoms with Crippen LogP contribution in [0.25, 0.3) is 0 Å². The van der Waals surface area contributed by atoms with Gasteiger partial charge < -0.3 is 49.9 Å². The Balaban J connectivity index is 0.733. The molecule has 6 heterocycles. The van der Waals surface area contributed by atoms with Gasteiger partial charge in [0, 0.05) is 95.6 Å². The van der Waals surface area contributed by atoms with Gasteiger partial charge in [0.2, 0.25) is 21.8 Å². The molecule has 4 aromatic carbocycles. The van der Waals surface area contributed by atoms with E-state index in [1.54, 1.807) is 36.4 Å². The van der Waals surface area contributed by atoms with Gasteiger partial charge in [-0.15, -0.1) is 0 Å². The molecule has 2 spiro atoms. The molecule has 11 rings (SSSR count). The maximum absolute atomic E-state index is 16.4. The van der Waals surface area contributed by atoms with E-state index in [-0.39, 0.29) is 93.6 Å². The number of fused-ring (bicyclic) bond motifs is 3. The molecule has 5 aliphatic heterocycles. The molecule has 31 heteroatoms. The van der Waals surface area contributed by atoms with E-state index in [2.05, 4.69) is 62.6 Å². The van der Waals surface area contributed by atoms with Crippen molar-refractivity contribution >= 4 is 95.8 Å². The highest BCUT2D eigenvalue weighted by atomic mass is 35.5. The molecule has 25 nitrogen and oxygen atoms in total. The molecule has 93 heavy (non-hydrogen) atoms. The molecule has 6 atom stereocenters. The molecule has 3 saturated heterocycles. The Morgan fingerprint density at radius 1 is 0.957 bits per heavy atom. The van der Waals surface area contributed by atoms with Crippen molar-refractivity contribution in [3.8, 4) is 17.6 Å². The van der Waals surface area contributed by atoms with Crippen LogP contribution in [-0.4, -0.2) is 142 Å². The van der Waals surface area contributed by atoms with E-state index in [1.165, 1.54) is 58.9 Å². The zero-order valence-corrected chi connectivity index (χ0v) is 54.8. The van der Waals surface area contributed by atoms with E-state index in [0.717, 1.165) is 11.3 Å². The first-order chi connectivity index (χ1) is 43.9. The molecule has 6 aliphatic rings. The topological polar surface area (TPSA) is 333 Å². The first kappa shape index (κ1) is 67.6. The molecule has 0 unspecified atom stereocenters. The number of aromatic nitrogens is 1. The van der Waals surface area contributed by atoms with E-state index in [9.17, 15) is 61.1 Å². The van der Waals surface area contributed by atoms with Crippen molar-refractivity contribution in [2.24, 2.45) is 16.7 Å². The molecule has 494 valence electrons. The van der Waals surface area contributed by atoms with E-state index in [0.29, 0.717) is 63.7 Å². The molecular formula is C62H67Cl2FN8O17P2S. The number of piperidine rings is 2. The van der Waals surface area contributed by atoms with Crippen molar-refractivity contribution in [2.45, 2.75) is 107 Å². The van der Waals surface area contributed by atoms with Crippen LogP contribution in [0, 0.1) is 34.4 Å². The number of pyridine rings is 1. The first-order valence-electron chi connectivity index (χ1n) is 29.7. The smallest absolute Gasteiger partial charge is 0.469 e. The predicted molar refractivity (Wildman–Crippen MR) is 337 cm³/mol. The summed E-state index contributed by atoms with van der Waals surface area (Å²) < 4.78 is 89.8. The maximum atomic E-state index is 16.4. The number of rotatable bonds is 18. The van der Waals surface area contributed by atoms with Gasteiger partial charge in [0.05, 0.1) is 48.5 Å². The summed E-state index contributed by atoms with van der Waals surface area (Å²) in [7, 11) is -12.8. The Hall–Kier alpha value is -6.86. The molecular weight excluding hydrogens is 1310 g/mol. The molecule has 0 bridgehead atoms. The van der Waals surface area contributed by atoms with Gasteiger partial charge in [-0.05, 0) is 108 Å². The number of likely N-dealkylation sites (tertiary alicyclic amines) is 1. The monoisotopic (exact) mass is 1380 g/mol. The average Bonchev–Trinajstić information content (AvgIpc) is 1.55. The number of carbonyl (C=O) groups excluding carboxylic acids is 5. The molecule has 5 amide bonds. The average molecular weight is 1380 g/mol. The zero-order valence-electron chi connectivity index (χ0n) is 50.7. The van der Waals surface area contributed by atoms with Crippen LogP contribution in [0.1, 0.15) is 103 Å². The normalized spacial score (nSPS) is 22.7. The predicted octanol–water partition coefficient (Wildman–Crippen LogP) is 8.03. The lowest BCUT2D eigenvalue weighted by Gasteiger charge is -2.39. The Morgan fingerprint density at radius 2 is 1.70 bits per heavy atom. The summed E-state index contributed by atoms with van der Waals surface area (Å²) in [5, 5.41) is 10.6. The number of amides is 5. The van der Waals surface area contributed by atoms with Crippen molar-refractivity contribution < 1.29 is 84.0 Å². The molecule has 4 fully saturated rings. The number of ether oxygens (including phenoxy) is 2. The largest absolute Gasteiger partial charge is 0.495 e. The Morgan fingerprint density at radius 3 is 2.42 bits per heavy atom. The van der Waals surface area contributed by atoms with Gasteiger partial charge in [-0.2, -0.15) is 4.31 Å². The SMILES string of the molecule is COc1cc(S(=O)(=O)N2CCC3(CC2)C[C@H]3C#Cc2cccc3c2CN([C@@H]2CCC(=O)N(COC(=O)N(CCOP(=O)(O)O)c4ncccc4COP(=O)(O)O)C2=O)C3=O)ccc1NC(=O)[C@@H]1N[C@@H](CC(C)(C)C)[C@@]2(CNc3cc(Cl)ccc32)[C@H]1c1cccc(Cl)c1F. The number of nitrogens with zero attached hydrogens (tertiary/aromatic N) is 5. The van der Waals surface area contributed by atoms with Crippen molar-refractivity contribution in [1.29, 1.82) is 0 Å². The van der Waals surface area contributed by atoms with Crippen molar-refractivity contribution in [2.75, 3.05) is 62.2 Å². The number of imide groups is 1. The van der Waals surface area contributed by atoms with Crippen molar-refractivity contribution in [3.05, 3.63) is 140 Å². The van der Waals surface area contributed by atoms with E-state index in [4.69, 9.17) is 32.7 Å². The van der Waals surface area contributed by atoms with Crippen LogP contribution >= 0.6 is 38.8 Å². The third-order valence-electron chi connectivity index (χ3n) is 18.2. The van der Waals surface area contributed by atoms with Gasteiger partial charge in [-0.3, -0.25) is 33.1 Å². The van der Waals surface area contributed by atoms with E-state index < -0.39 is 111 Å². The number of hydrogen-bond acceptors (Lipinski definition) is 16. The summed E-state index contributed by atoms with van der Waals surface area (Å²) in [6.07, 6.45) is 1.96. The minimum atomic E-state index is -5.05. The van der Waals surface area contributed by atoms with E-state index in [1.807, 2.05) is 12.1 Å². The lowest BCUT2D eigenvalue weighted by molar-refractivity contribution is -0.156. The number of nitrogens with one attached hydrogen (secondary N) is 3. The molecule has 1 aliphatic carbocycles. The van der Waals surface area contributed by atoms with E-state index >= 15 is 4.39 Å². The fraction of sp³-hybridized carbons (Fsp3) is 0.419. The second-order valence-corrected chi connectivity index (χ2v) is 30.3. The van der Waals surface area contributed by atoms with Gasteiger partial charge in [-0.25, -0.2) is 36.6 Å². The van der Waals surface area contributed by atoms with Crippen LogP contribution < -0.4 is 25.6 Å². The van der Waals surface area contributed by atoms with Gasteiger partial charge in [0.1, 0.15) is 23.4 Å². The highest BCUT2D eigenvalue weighted by Gasteiger charge is 2.62. The minimum Gasteiger partial charge on any atom is -0.495 e. The van der Waals surface area contributed by atoms with Gasteiger partial charge in [0.25, 0.3) is 11.8 Å².